The van der Waals surface area contributed by atoms with E-state index in [0.29, 0.717) is 22.2 Å². The van der Waals surface area contributed by atoms with Gasteiger partial charge < -0.3 is 19.5 Å². The van der Waals surface area contributed by atoms with Crippen LogP contribution in [0.4, 0.5) is 17.1 Å². The Labute approximate surface area is 208 Å². The number of halogens is 1. The number of carbonyl (C=O) groups is 1. The van der Waals surface area contributed by atoms with E-state index >= 15 is 0 Å². The molecular weight excluding hydrogens is 468 g/mol. The minimum atomic E-state index is -0.428. The van der Waals surface area contributed by atoms with Gasteiger partial charge in [-0.3, -0.25) is 14.9 Å². The van der Waals surface area contributed by atoms with E-state index in [1.165, 1.54) is 18.2 Å². The van der Waals surface area contributed by atoms with Gasteiger partial charge in [-0.05, 0) is 55.4 Å². The number of likely N-dealkylation sites (N-methyl/N-ethyl adjacent to an activating group) is 1. The van der Waals surface area contributed by atoms with Crippen molar-refractivity contribution in [3.05, 3.63) is 81.1 Å². The molecule has 0 atom stereocenters. The van der Waals surface area contributed by atoms with Gasteiger partial charge in [0, 0.05) is 50.0 Å². The third-order valence-corrected chi connectivity index (χ3v) is 6.40. The molecule has 1 N–H and O–H groups in total. The quantitative estimate of drug-likeness (QED) is 0.261. The number of hydrogen-bond donors (Lipinski definition) is 1. The first-order valence-electron chi connectivity index (χ1n) is 11.5. The highest BCUT2D eigenvalue weighted by Gasteiger charge is 2.21. The highest BCUT2D eigenvalue weighted by molar-refractivity contribution is 6.34. The maximum atomic E-state index is 12.7. The Balaban J connectivity index is 1.45. The summed E-state index contributed by atoms with van der Waals surface area (Å²) in [5.41, 5.74) is 3.02. The fraction of sp³-hybridized carbons (Fsp3) is 0.269. The number of nitrogens with one attached hydrogen (secondary N) is 1. The summed E-state index contributed by atoms with van der Waals surface area (Å²) in [6.45, 7) is 8.54. The first-order chi connectivity index (χ1) is 16.9. The Kier molecular flexibility index (Phi) is 7.53. The topological polar surface area (TPSA) is 91.9 Å². The van der Waals surface area contributed by atoms with Crippen molar-refractivity contribution in [1.29, 1.82) is 0 Å². The third kappa shape index (κ3) is 5.72. The molecule has 182 valence electrons. The van der Waals surface area contributed by atoms with Crippen LogP contribution >= 0.6 is 11.6 Å². The molecular formula is C26H27ClN4O4. The maximum absolute atomic E-state index is 12.7. The van der Waals surface area contributed by atoms with E-state index in [4.69, 9.17) is 16.0 Å². The van der Waals surface area contributed by atoms with Crippen molar-refractivity contribution >= 4 is 40.6 Å². The normalized spacial score (nSPS) is 14.4. The molecule has 1 saturated heterocycles. The second kappa shape index (κ2) is 10.8. The molecule has 1 aromatic heterocycles. The fourth-order valence-corrected chi connectivity index (χ4v) is 4.48. The molecule has 0 radical (unpaired) electrons. The second-order valence-corrected chi connectivity index (χ2v) is 8.75. The molecule has 8 nitrogen and oxygen atoms in total. The van der Waals surface area contributed by atoms with Gasteiger partial charge in [-0.15, -0.1) is 0 Å². The Morgan fingerprint density at radius 1 is 1.17 bits per heavy atom. The standard InChI is InChI=1S/C26H27ClN4O4/c1-3-29-13-15-30(16-14-29)26-22(27)5-4-6-23(26)28-25(32)12-9-20-8-11-24(35-20)21-10-7-19(31(33)34)17-18(21)2/h4-12,17H,3,13-16H2,1-2H3,(H,28,32)/b12-9+. The summed E-state index contributed by atoms with van der Waals surface area (Å²) in [5, 5.41) is 14.5. The lowest BCUT2D eigenvalue weighted by Crippen LogP contribution is -2.46. The molecule has 2 aromatic carbocycles. The van der Waals surface area contributed by atoms with Gasteiger partial charge in [-0.1, -0.05) is 24.6 Å². The number of nitrogens with zero attached hydrogens (tertiary/aromatic N) is 3. The van der Waals surface area contributed by atoms with Crippen LogP contribution in [0.25, 0.3) is 17.4 Å². The molecule has 2 heterocycles. The predicted molar refractivity (Wildman–Crippen MR) is 139 cm³/mol. The lowest BCUT2D eigenvalue weighted by Gasteiger charge is -2.36. The van der Waals surface area contributed by atoms with E-state index in [-0.39, 0.29) is 11.6 Å². The molecule has 1 amide bonds. The fourth-order valence-electron chi connectivity index (χ4n) is 4.18. The van der Waals surface area contributed by atoms with E-state index < -0.39 is 4.92 Å². The number of non-ortho nitro benzene ring substituents is 1. The Morgan fingerprint density at radius 3 is 2.63 bits per heavy atom. The van der Waals surface area contributed by atoms with Crippen LogP contribution in [-0.4, -0.2) is 48.5 Å². The highest BCUT2D eigenvalue weighted by Crippen LogP contribution is 2.35. The van der Waals surface area contributed by atoms with Crippen molar-refractivity contribution in [2.24, 2.45) is 0 Å². The Bertz CT molecular complexity index is 1260. The molecule has 0 spiro atoms. The Hall–Kier alpha value is -3.62. The number of benzene rings is 2. The number of hydrogen-bond acceptors (Lipinski definition) is 6. The number of carbonyl (C=O) groups excluding carboxylic acids is 1. The summed E-state index contributed by atoms with van der Waals surface area (Å²) in [5.74, 6) is 0.765. The minimum absolute atomic E-state index is 0.0298. The van der Waals surface area contributed by atoms with Gasteiger partial charge in [0.05, 0.1) is 21.3 Å². The zero-order chi connectivity index (χ0) is 24.9. The van der Waals surface area contributed by atoms with Crippen molar-refractivity contribution in [1.82, 2.24) is 4.90 Å². The number of anilines is 2. The van der Waals surface area contributed by atoms with Crippen LogP contribution in [0, 0.1) is 17.0 Å². The number of furan rings is 1. The molecule has 0 bridgehead atoms. The summed E-state index contributed by atoms with van der Waals surface area (Å²) >= 11 is 6.51. The van der Waals surface area contributed by atoms with E-state index in [9.17, 15) is 14.9 Å². The van der Waals surface area contributed by atoms with Gasteiger partial charge in [-0.25, -0.2) is 0 Å². The molecule has 0 saturated carbocycles. The molecule has 0 aliphatic carbocycles. The number of nitro benzene ring substituents is 1. The van der Waals surface area contributed by atoms with Crippen LogP contribution in [0.2, 0.25) is 5.02 Å². The number of aryl methyl sites for hydroxylation is 1. The average Bonchev–Trinajstić information content (AvgIpc) is 3.32. The number of para-hydroxylation sites is 1. The molecule has 0 unspecified atom stereocenters. The van der Waals surface area contributed by atoms with Crippen LogP contribution in [0.1, 0.15) is 18.2 Å². The van der Waals surface area contributed by atoms with Crippen LogP contribution in [-0.2, 0) is 4.79 Å². The Morgan fingerprint density at radius 2 is 1.94 bits per heavy atom. The predicted octanol–water partition coefficient (Wildman–Crippen LogP) is 5.61. The SMILES string of the molecule is CCN1CCN(c2c(Cl)cccc2NC(=O)/C=C/c2ccc(-c3ccc([N+](=O)[O-])cc3C)o2)CC1. The number of rotatable bonds is 7. The average molecular weight is 495 g/mol. The number of piperazine rings is 1. The first-order valence-corrected chi connectivity index (χ1v) is 11.8. The number of nitro groups is 1. The maximum Gasteiger partial charge on any atom is 0.269 e. The van der Waals surface area contributed by atoms with E-state index in [0.717, 1.165) is 49.5 Å². The van der Waals surface area contributed by atoms with E-state index in [1.807, 2.05) is 18.2 Å². The van der Waals surface area contributed by atoms with Gasteiger partial charge in [0.2, 0.25) is 5.91 Å². The molecule has 9 heteroatoms. The lowest BCUT2D eigenvalue weighted by molar-refractivity contribution is -0.384. The third-order valence-electron chi connectivity index (χ3n) is 6.09. The van der Waals surface area contributed by atoms with Crippen molar-refractivity contribution < 1.29 is 14.1 Å². The van der Waals surface area contributed by atoms with Crippen LogP contribution in [0.3, 0.4) is 0 Å². The summed E-state index contributed by atoms with van der Waals surface area (Å²) in [6.07, 6.45) is 2.99. The molecule has 1 fully saturated rings. The monoisotopic (exact) mass is 494 g/mol. The van der Waals surface area contributed by atoms with Crippen molar-refractivity contribution in [2.75, 3.05) is 42.9 Å². The molecule has 1 aliphatic heterocycles. The van der Waals surface area contributed by atoms with Crippen molar-refractivity contribution in [3.63, 3.8) is 0 Å². The van der Waals surface area contributed by atoms with Gasteiger partial charge in [0.1, 0.15) is 11.5 Å². The summed E-state index contributed by atoms with van der Waals surface area (Å²) < 4.78 is 5.84. The first kappa shape index (κ1) is 24.5. The van der Waals surface area contributed by atoms with Crippen LogP contribution in [0.15, 0.2) is 59.0 Å². The van der Waals surface area contributed by atoms with Crippen molar-refractivity contribution in [3.8, 4) is 11.3 Å². The smallest absolute Gasteiger partial charge is 0.269 e. The van der Waals surface area contributed by atoms with Gasteiger partial charge in [-0.2, -0.15) is 0 Å². The second-order valence-electron chi connectivity index (χ2n) is 8.34. The summed E-state index contributed by atoms with van der Waals surface area (Å²) in [7, 11) is 0. The lowest BCUT2D eigenvalue weighted by atomic mass is 10.1. The molecule has 35 heavy (non-hydrogen) atoms. The summed E-state index contributed by atoms with van der Waals surface area (Å²) in [4.78, 5) is 27.8. The molecule has 1 aliphatic rings. The van der Waals surface area contributed by atoms with Crippen molar-refractivity contribution in [2.45, 2.75) is 13.8 Å². The summed E-state index contributed by atoms with van der Waals surface area (Å²) in [6, 6.07) is 13.6. The van der Waals surface area contributed by atoms with Crippen LogP contribution in [0.5, 0.6) is 0 Å². The van der Waals surface area contributed by atoms with E-state index in [1.54, 1.807) is 31.2 Å². The zero-order valence-corrected chi connectivity index (χ0v) is 20.4. The highest BCUT2D eigenvalue weighted by atomic mass is 35.5. The minimum Gasteiger partial charge on any atom is -0.457 e. The van der Waals surface area contributed by atoms with Gasteiger partial charge in [0.15, 0.2) is 0 Å². The van der Waals surface area contributed by atoms with E-state index in [2.05, 4.69) is 22.0 Å². The van der Waals surface area contributed by atoms with Gasteiger partial charge in [0.25, 0.3) is 5.69 Å². The zero-order valence-electron chi connectivity index (χ0n) is 19.7. The number of amides is 1. The van der Waals surface area contributed by atoms with Crippen LogP contribution < -0.4 is 10.2 Å². The largest absolute Gasteiger partial charge is 0.457 e. The molecule has 4 rings (SSSR count). The van der Waals surface area contributed by atoms with Gasteiger partial charge >= 0.3 is 0 Å². The molecule has 3 aromatic rings.